The van der Waals surface area contributed by atoms with Crippen molar-refractivity contribution in [3.8, 4) is 0 Å². The molecular formula is C6H9O8P. The van der Waals surface area contributed by atoms with Gasteiger partial charge in [-0.3, -0.25) is 0 Å². The molecule has 0 bridgehead atoms. The number of carboxylic acids is 2. The monoisotopic (exact) mass is 240 g/mol. The van der Waals surface area contributed by atoms with Crippen molar-refractivity contribution in [3.05, 3.63) is 24.3 Å². The van der Waals surface area contributed by atoms with E-state index in [0.29, 0.717) is 0 Å². The average Bonchev–Trinajstić information content (AvgIpc) is 1.94. The standard InChI is InChI=1S/C6H6O4.H3O4P/c7-5(8)3-1-2-4-6(9)10;1-5(2,3)4/h1-4H,(H,7,8)(H,9,10);(H3,1,2,3,4). The van der Waals surface area contributed by atoms with Crippen molar-refractivity contribution < 1.29 is 39.0 Å². The normalized spacial score (nSPS) is 11.1. The number of allylic oxidation sites excluding steroid dienone is 2. The Kier molecular flexibility index (Phi) is 8.40. The molecule has 0 fully saturated rings. The summed E-state index contributed by atoms with van der Waals surface area (Å²) in [6.07, 6.45) is 3.96. The minimum atomic E-state index is -4.64. The third-order valence-electron chi connectivity index (χ3n) is 0.589. The van der Waals surface area contributed by atoms with Gasteiger partial charge in [0.05, 0.1) is 0 Å². The third-order valence-corrected chi connectivity index (χ3v) is 0.589. The average molecular weight is 240 g/mol. The van der Waals surface area contributed by atoms with Crippen LogP contribution in [0.25, 0.3) is 0 Å². The molecule has 8 nitrogen and oxygen atoms in total. The van der Waals surface area contributed by atoms with E-state index in [-0.39, 0.29) is 0 Å². The predicted octanol–water partition coefficient (Wildman–Crippen LogP) is -0.661. The zero-order valence-electron chi connectivity index (χ0n) is 7.22. The smallest absolute Gasteiger partial charge is 0.466 e. The maximum Gasteiger partial charge on any atom is 0.466 e. The third kappa shape index (κ3) is 45.4. The van der Waals surface area contributed by atoms with Gasteiger partial charge in [0.25, 0.3) is 0 Å². The molecule has 0 unspecified atom stereocenters. The molecule has 0 aromatic heterocycles. The van der Waals surface area contributed by atoms with Crippen LogP contribution in [0.5, 0.6) is 0 Å². The molecule has 86 valence electrons. The molecule has 0 aromatic carbocycles. The van der Waals surface area contributed by atoms with E-state index < -0.39 is 19.8 Å². The quantitative estimate of drug-likeness (QED) is 0.247. The molecule has 5 N–H and O–H groups in total. The molecule has 0 aliphatic rings. The fourth-order valence-corrected chi connectivity index (χ4v) is 0.276. The minimum absolute atomic E-state index is 0.847. The van der Waals surface area contributed by atoms with Crippen molar-refractivity contribution in [2.45, 2.75) is 0 Å². The first-order valence-electron chi connectivity index (χ1n) is 3.22. The minimum Gasteiger partial charge on any atom is -0.478 e. The van der Waals surface area contributed by atoms with Crippen LogP contribution >= 0.6 is 7.82 Å². The molecule has 0 saturated carbocycles. The summed E-state index contributed by atoms with van der Waals surface area (Å²) in [4.78, 5) is 41.1. The van der Waals surface area contributed by atoms with E-state index in [2.05, 4.69) is 0 Å². The molecule has 0 spiro atoms. The van der Waals surface area contributed by atoms with Gasteiger partial charge in [-0.25, -0.2) is 14.2 Å². The van der Waals surface area contributed by atoms with Crippen LogP contribution in [0.4, 0.5) is 0 Å². The van der Waals surface area contributed by atoms with Gasteiger partial charge in [-0.1, -0.05) is 12.2 Å². The number of hydrogen-bond donors (Lipinski definition) is 5. The maximum absolute atomic E-state index is 9.78. The van der Waals surface area contributed by atoms with Gasteiger partial charge in [-0.05, 0) is 0 Å². The van der Waals surface area contributed by atoms with Crippen LogP contribution in [-0.4, -0.2) is 36.8 Å². The fraction of sp³-hybridized carbons (Fsp3) is 0. The number of rotatable bonds is 3. The van der Waals surface area contributed by atoms with Gasteiger partial charge in [0.15, 0.2) is 0 Å². The van der Waals surface area contributed by atoms with Crippen molar-refractivity contribution in [1.29, 1.82) is 0 Å². The molecule has 15 heavy (non-hydrogen) atoms. The summed E-state index contributed by atoms with van der Waals surface area (Å²) >= 11 is 0. The number of hydrogen-bond acceptors (Lipinski definition) is 3. The summed E-state index contributed by atoms with van der Waals surface area (Å²) in [7, 11) is -4.64. The lowest BCUT2D eigenvalue weighted by Gasteiger charge is -1.82. The zero-order chi connectivity index (χ0) is 12.5. The van der Waals surface area contributed by atoms with E-state index in [9.17, 15) is 9.59 Å². The van der Waals surface area contributed by atoms with Crippen LogP contribution in [0.15, 0.2) is 24.3 Å². The lowest BCUT2D eigenvalue weighted by Crippen LogP contribution is -1.86. The second kappa shape index (κ2) is 7.89. The van der Waals surface area contributed by atoms with Crippen LogP contribution in [0.1, 0.15) is 0 Å². The highest BCUT2D eigenvalue weighted by Crippen LogP contribution is 2.25. The van der Waals surface area contributed by atoms with E-state index >= 15 is 0 Å². The first-order valence-corrected chi connectivity index (χ1v) is 4.78. The summed E-state index contributed by atoms with van der Waals surface area (Å²) in [5, 5.41) is 16.0. The Hall–Kier alpha value is -1.47. The SMILES string of the molecule is O=C(O)C=CC=CC(=O)O.O=P(O)(O)O. The molecule has 0 radical (unpaired) electrons. The largest absolute Gasteiger partial charge is 0.478 e. The molecule has 0 amide bonds. The second-order valence-electron chi connectivity index (χ2n) is 1.91. The topological polar surface area (TPSA) is 152 Å². The highest BCUT2D eigenvalue weighted by atomic mass is 31.2. The van der Waals surface area contributed by atoms with E-state index in [1.54, 1.807) is 0 Å². The molecular weight excluding hydrogens is 231 g/mol. The summed E-state index contributed by atoms with van der Waals surface area (Å²) < 4.78 is 8.88. The molecule has 9 heteroatoms. The predicted molar refractivity (Wildman–Crippen MR) is 47.8 cm³/mol. The summed E-state index contributed by atoms with van der Waals surface area (Å²) in [5.74, 6) is -2.20. The van der Waals surface area contributed by atoms with Crippen molar-refractivity contribution in [2.75, 3.05) is 0 Å². The number of phosphoric acid groups is 1. The molecule has 0 saturated heterocycles. The molecule has 0 aromatic rings. The van der Waals surface area contributed by atoms with Crippen LogP contribution in [0.3, 0.4) is 0 Å². The van der Waals surface area contributed by atoms with Crippen molar-refractivity contribution in [1.82, 2.24) is 0 Å². The van der Waals surface area contributed by atoms with Gasteiger partial charge < -0.3 is 24.9 Å². The van der Waals surface area contributed by atoms with Crippen LogP contribution in [0, 0.1) is 0 Å². The molecule has 0 atom stereocenters. The van der Waals surface area contributed by atoms with Crippen LogP contribution < -0.4 is 0 Å². The van der Waals surface area contributed by atoms with E-state index in [1.165, 1.54) is 0 Å². The Morgan fingerprint density at radius 1 is 0.867 bits per heavy atom. The second-order valence-corrected chi connectivity index (χ2v) is 2.93. The highest BCUT2D eigenvalue weighted by molar-refractivity contribution is 7.45. The van der Waals surface area contributed by atoms with Crippen LogP contribution in [0.2, 0.25) is 0 Å². The number of carboxylic acid groups (broad SMARTS) is 2. The van der Waals surface area contributed by atoms with Crippen molar-refractivity contribution in [3.63, 3.8) is 0 Å². The Morgan fingerprint density at radius 3 is 1.20 bits per heavy atom. The molecule has 0 aliphatic carbocycles. The van der Waals surface area contributed by atoms with Gasteiger partial charge in [0.2, 0.25) is 0 Å². The maximum atomic E-state index is 9.78. The van der Waals surface area contributed by atoms with Gasteiger partial charge in [0, 0.05) is 12.2 Å². The Balaban J connectivity index is 0. The molecule has 0 heterocycles. The van der Waals surface area contributed by atoms with E-state index in [0.717, 1.165) is 24.3 Å². The van der Waals surface area contributed by atoms with Crippen molar-refractivity contribution in [2.24, 2.45) is 0 Å². The Bertz CT molecular complexity index is 281. The fourth-order valence-electron chi connectivity index (χ4n) is 0.276. The molecule has 0 rings (SSSR count). The van der Waals surface area contributed by atoms with Crippen LogP contribution in [-0.2, 0) is 14.2 Å². The summed E-state index contributed by atoms with van der Waals surface area (Å²) in [5.41, 5.74) is 0. The lowest BCUT2D eigenvalue weighted by molar-refractivity contribution is -0.132. The van der Waals surface area contributed by atoms with Gasteiger partial charge >= 0.3 is 19.8 Å². The van der Waals surface area contributed by atoms with E-state index in [4.69, 9.17) is 29.5 Å². The first kappa shape index (κ1) is 16.0. The van der Waals surface area contributed by atoms with Gasteiger partial charge in [0.1, 0.15) is 0 Å². The highest BCUT2D eigenvalue weighted by Gasteiger charge is 2.00. The number of aliphatic carboxylic acids is 2. The van der Waals surface area contributed by atoms with Gasteiger partial charge in [-0.2, -0.15) is 0 Å². The number of carbonyl (C=O) groups is 2. The molecule has 0 aliphatic heterocycles. The Morgan fingerprint density at radius 2 is 1.07 bits per heavy atom. The lowest BCUT2D eigenvalue weighted by atomic mass is 10.4. The van der Waals surface area contributed by atoms with Crippen molar-refractivity contribution >= 4 is 19.8 Å². The summed E-state index contributed by atoms with van der Waals surface area (Å²) in [6, 6.07) is 0. The summed E-state index contributed by atoms with van der Waals surface area (Å²) in [6.45, 7) is 0. The van der Waals surface area contributed by atoms with E-state index in [1.807, 2.05) is 0 Å². The van der Waals surface area contributed by atoms with Gasteiger partial charge in [-0.15, -0.1) is 0 Å². The Labute approximate surface area is 84.0 Å². The zero-order valence-corrected chi connectivity index (χ0v) is 8.11. The first-order chi connectivity index (χ1) is 6.63.